The smallest absolute Gasteiger partial charge is 0.0537 e. The lowest BCUT2D eigenvalue weighted by Crippen LogP contribution is -2.10. The zero-order valence-corrected chi connectivity index (χ0v) is 31.5. The van der Waals surface area contributed by atoms with Gasteiger partial charge in [0.2, 0.25) is 0 Å². The average Bonchev–Trinajstić information content (AvgIpc) is 3.54. The molecule has 0 aliphatic carbocycles. The fourth-order valence-electron chi connectivity index (χ4n) is 8.70. The molecule has 0 unspecified atom stereocenters. The van der Waals surface area contributed by atoms with Gasteiger partial charge in [-0.3, -0.25) is 0 Å². The van der Waals surface area contributed by atoms with Crippen molar-refractivity contribution in [2.45, 2.75) is 13.8 Å². The lowest BCUT2D eigenvalue weighted by Gasteiger charge is -2.26. The SMILES string of the molecule is C/C=C\c1c(C)c2ccccc2n1-c1ccc(N(c2ccccc2)c2ccc(-c3c4ccccc4c(-c4ccc5ccccc5c4)c4ccccc34)cc2)cc1. The van der Waals surface area contributed by atoms with Gasteiger partial charge in [-0.2, -0.15) is 0 Å². The maximum Gasteiger partial charge on any atom is 0.0537 e. The van der Waals surface area contributed by atoms with Crippen LogP contribution in [0.2, 0.25) is 0 Å². The van der Waals surface area contributed by atoms with Crippen LogP contribution in [0.4, 0.5) is 17.1 Å². The quantitative estimate of drug-likeness (QED) is 0.149. The monoisotopic (exact) mass is 716 g/mol. The highest BCUT2D eigenvalue weighted by molar-refractivity contribution is 6.21. The van der Waals surface area contributed by atoms with Crippen LogP contribution in [0.5, 0.6) is 0 Å². The number of aryl methyl sites for hydroxylation is 1. The van der Waals surface area contributed by atoms with Crippen molar-refractivity contribution in [1.29, 1.82) is 0 Å². The average molecular weight is 717 g/mol. The molecule has 1 heterocycles. The first-order chi connectivity index (χ1) is 27.7. The van der Waals surface area contributed by atoms with Gasteiger partial charge >= 0.3 is 0 Å². The van der Waals surface area contributed by atoms with E-state index in [-0.39, 0.29) is 0 Å². The fourth-order valence-corrected chi connectivity index (χ4v) is 8.70. The number of nitrogens with zero attached hydrogens (tertiary/aromatic N) is 2. The van der Waals surface area contributed by atoms with Crippen molar-refractivity contribution >= 4 is 66.4 Å². The fraction of sp³-hybridized carbons (Fsp3) is 0.0370. The van der Waals surface area contributed by atoms with E-state index in [1.807, 2.05) is 0 Å². The van der Waals surface area contributed by atoms with Crippen molar-refractivity contribution in [3.05, 3.63) is 211 Å². The molecule has 10 rings (SSSR count). The molecule has 0 radical (unpaired) electrons. The molecule has 0 aliphatic heterocycles. The van der Waals surface area contributed by atoms with E-state index in [2.05, 4.69) is 230 Å². The second-order valence-electron chi connectivity index (χ2n) is 14.5. The van der Waals surface area contributed by atoms with Crippen LogP contribution in [0.25, 0.3) is 77.2 Å². The van der Waals surface area contributed by atoms with Crippen molar-refractivity contribution in [2.24, 2.45) is 0 Å². The summed E-state index contributed by atoms with van der Waals surface area (Å²) in [5, 5.41) is 8.81. The first kappa shape index (κ1) is 33.4. The Morgan fingerprint density at radius 3 is 1.54 bits per heavy atom. The molecule has 0 spiro atoms. The number of benzene rings is 9. The molecule has 0 fully saturated rings. The van der Waals surface area contributed by atoms with Crippen LogP contribution in [0, 0.1) is 6.92 Å². The van der Waals surface area contributed by atoms with Gasteiger partial charge in [-0.25, -0.2) is 0 Å². The third-order valence-electron chi connectivity index (χ3n) is 11.3. The van der Waals surface area contributed by atoms with Crippen molar-refractivity contribution in [3.8, 4) is 27.9 Å². The summed E-state index contributed by atoms with van der Waals surface area (Å²) in [6.07, 6.45) is 4.34. The Morgan fingerprint density at radius 2 is 0.911 bits per heavy atom. The molecule has 10 aromatic rings. The van der Waals surface area contributed by atoms with Gasteiger partial charge < -0.3 is 9.47 Å². The van der Waals surface area contributed by atoms with Gasteiger partial charge in [-0.05, 0) is 141 Å². The van der Waals surface area contributed by atoms with Gasteiger partial charge in [0.05, 0.1) is 5.52 Å². The van der Waals surface area contributed by atoms with Gasteiger partial charge in [-0.15, -0.1) is 0 Å². The number of fused-ring (bicyclic) bond motifs is 4. The molecule has 0 saturated heterocycles. The lowest BCUT2D eigenvalue weighted by molar-refractivity contribution is 1.09. The first-order valence-electron chi connectivity index (χ1n) is 19.4. The molecule has 2 heteroatoms. The molecule has 2 nitrogen and oxygen atoms in total. The topological polar surface area (TPSA) is 8.17 Å². The number of aromatic nitrogens is 1. The standard InChI is InChI=1S/C54H40N2/c1-3-15-51-37(2)46-20-13-14-25-52(46)56(51)45-34-32-44(33-35-45)55(42-18-5-4-6-19-42)43-30-28-39(29-31-43)53-47-21-9-11-23-49(47)54(50-24-12-10-22-48(50)53)41-27-26-38-16-7-8-17-40(38)36-41/h3-36H,1-2H3/b15-3-. The van der Waals surface area contributed by atoms with Crippen LogP contribution in [0.1, 0.15) is 18.2 Å². The molecule has 1 aromatic heterocycles. The molecule has 0 saturated carbocycles. The molecular weight excluding hydrogens is 677 g/mol. The Hall–Kier alpha value is -7.16. The number of allylic oxidation sites excluding steroid dienone is 1. The van der Waals surface area contributed by atoms with E-state index in [0.29, 0.717) is 0 Å². The third kappa shape index (κ3) is 5.58. The zero-order valence-electron chi connectivity index (χ0n) is 31.5. The molecule has 0 N–H and O–H groups in total. The third-order valence-corrected chi connectivity index (χ3v) is 11.3. The van der Waals surface area contributed by atoms with Gasteiger partial charge in [0.15, 0.2) is 0 Å². The normalized spacial score (nSPS) is 11.7. The Labute approximate surface area is 327 Å². The molecule has 0 aliphatic rings. The van der Waals surface area contributed by atoms with E-state index in [9.17, 15) is 0 Å². The number of hydrogen-bond donors (Lipinski definition) is 0. The van der Waals surface area contributed by atoms with Gasteiger partial charge in [0.25, 0.3) is 0 Å². The first-order valence-corrected chi connectivity index (χ1v) is 19.4. The molecule has 56 heavy (non-hydrogen) atoms. The Kier molecular flexibility index (Phi) is 8.30. The molecule has 0 bridgehead atoms. The number of hydrogen-bond acceptors (Lipinski definition) is 1. The van der Waals surface area contributed by atoms with E-state index < -0.39 is 0 Å². The van der Waals surface area contributed by atoms with Crippen LogP contribution in [-0.2, 0) is 0 Å². The Balaban J connectivity index is 1.09. The number of rotatable bonds is 7. The van der Waals surface area contributed by atoms with Gasteiger partial charge in [-0.1, -0.05) is 140 Å². The molecule has 266 valence electrons. The van der Waals surface area contributed by atoms with Crippen LogP contribution in [0.15, 0.2) is 200 Å². The minimum absolute atomic E-state index is 1.10. The minimum Gasteiger partial charge on any atom is -0.311 e. The summed E-state index contributed by atoms with van der Waals surface area (Å²) in [7, 11) is 0. The summed E-state index contributed by atoms with van der Waals surface area (Å²) in [4.78, 5) is 2.35. The van der Waals surface area contributed by atoms with Crippen molar-refractivity contribution in [1.82, 2.24) is 4.57 Å². The van der Waals surface area contributed by atoms with Crippen molar-refractivity contribution < 1.29 is 0 Å². The maximum atomic E-state index is 2.37. The minimum atomic E-state index is 1.10. The summed E-state index contributed by atoms with van der Waals surface area (Å²) in [6.45, 7) is 4.30. The largest absolute Gasteiger partial charge is 0.311 e. The van der Waals surface area contributed by atoms with Crippen LogP contribution < -0.4 is 4.90 Å². The summed E-state index contributed by atoms with van der Waals surface area (Å²) in [5.41, 5.74) is 13.1. The predicted octanol–water partition coefficient (Wildman–Crippen LogP) is 15.2. The van der Waals surface area contributed by atoms with Crippen molar-refractivity contribution in [3.63, 3.8) is 0 Å². The Morgan fingerprint density at radius 1 is 0.429 bits per heavy atom. The van der Waals surface area contributed by atoms with Crippen molar-refractivity contribution in [2.75, 3.05) is 4.90 Å². The molecule has 0 amide bonds. The number of para-hydroxylation sites is 2. The molecular formula is C54H40N2. The number of anilines is 3. The van der Waals surface area contributed by atoms with Crippen LogP contribution in [0.3, 0.4) is 0 Å². The van der Waals surface area contributed by atoms with Gasteiger partial charge in [0, 0.05) is 33.8 Å². The highest BCUT2D eigenvalue weighted by atomic mass is 15.1. The lowest BCUT2D eigenvalue weighted by atomic mass is 9.85. The second kappa shape index (κ2) is 13.9. The van der Waals surface area contributed by atoms with Crippen LogP contribution in [-0.4, -0.2) is 4.57 Å². The van der Waals surface area contributed by atoms with E-state index in [1.165, 1.54) is 76.7 Å². The summed E-state index contributed by atoms with van der Waals surface area (Å²) in [6, 6.07) is 70.7. The highest BCUT2D eigenvalue weighted by Gasteiger charge is 2.19. The second-order valence-corrected chi connectivity index (χ2v) is 14.5. The van der Waals surface area contributed by atoms with Crippen LogP contribution >= 0.6 is 0 Å². The summed E-state index contributed by atoms with van der Waals surface area (Å²) in [5.74, 6) is 0. The summed E-state index contributed by atoms with van der Waals surface area (Å²) >= 11 is 0. The molecule has 9 aromatic carbocycles. The summed E-state index contributed by atoms with van der Waals surface area (Å²) < 4.78 is 2.37. The Bertz CT molecular complexity index is 3020. The van der Waals surface area contributed by atoms with E-state index in [0.717, 1.165) is 22.7 Å². The van der Waals surface area contributed by atoms with E-state index in [4.69, 9.17) is 0 Å². The van der Waals surface area contributed by atoms with E-state index >= 15 is 0 Å². The highest BCUT2D eigenvalue weighted by Crippen LogP contribution is 2.45. The van der Waals surface area contributed by atoms with Gasteiger partial charge in [0.1, 0.15) is 0 Å². The predicted molar refractivity (Wildman–Crippen MR) is 241 cm³/mol. The zero-order chi connectivity index (χ0) is 37.6. The van der Waals surface area contributed by atoms with E-state index in [1.54, 1.807) is 0 Å². The maximum absolute atomic E-state index is 2.37. The molecule has 0 atom stereocenters.